The van der Waals surface area contributed by atoms with E-state index in [0.717, 1.165) is 11.1 Å². The third-order valence-corrected chi connectivity index (χ3v) is 3.92. The summed E-state index contributed by atoms with van der Waals surface area (Å²) in [5.74, 6) is -0.233. The summed E-state index contributed by atoms with van der Waals surface area (Å²) < 4.78 is 0. The summed E-state index contributed by atoms with van der Waals surface area (Å²) in [4.78, 5) is 24.4. The number of carbonyl (C=O) groups excluding carboxylic acids is 2. The molecule has 4 heteroatoms. The molecule has 0 bridgehead atoms. The quantitative estimate of drug-likeness (QED) is 0.513. The molecule has 0 aliphatic carbocycles. The molecule has 1 radical (unpaired) electrons. The van der Waals surface area contributed by atoms with Crippen LogP contribution in [0.4, 0.5) is 0 Å². The standard InChI is InChI=1S/C23H18NO3/c25-21-13-6-18(7-14-21)16-24-23(27)20-11-9-19(10-12-20)22(26)15-8-17-4-2-1-3-5-17/h1-16,25H,(H,24,27). The molecule has 0 fully saturated rings. The fourth-order valence-corrected chi connectivity index (χ4v) is 2.42. The maximum Gasteiger partial charge on any atom is 0.251 e. The number of carbonyl (C=O) groups is 2. The number of phenolic OH excluding ortho intramolecular Hbond substituents is 1. The Bertz CT molecular complexity index is 943. The molecule has 27 heavy (non-hydrogen) atoms. The van der Waals surface area contributed by atoms with Crippen LogP contribution in [0.1, 0.15) is 31.8 Å². The maximum atomic E-state index is 12.2. The van der Waals surface area contributed by atoms with Crippen LogP contribution in [0, 0.1) is 6.54 Å². The Labute approximate surface area is 157 Å². The van der Waals surface area contributed by atoms with Gasteiger partial charge in [0.1, 0.15) is 5.75 Å². The minimum absolute atomic E-state index is 0.124. The van der Waals surface area contributed by atoms with Gasteiger partial charge >= 0.3 is 0 Å². The number of phenols is 1. The third kappa shape index (κ3) is 5.16. The van der Waals surface area contributed by atoms with Crippen molar-refractivity contribution in [3.63, 3.8) is 0 Å². The van der Waals surface area contributed by atoms with Crippen LogP contribution < -0.4 is 5.32 Å². The first-order valence-electron chi connectivity index (χ1n) is 8.42. The second kappa shape index (κ2) is 8.63. The molecule has 0 unspecified atom stereocenters. The summed E-state index contributed by atoms with van der Waals surface area (Å²) in [5, 5.41) is 11.9. The SMILES string of the molecule is O=C(C=Cc1ccccc1)c1ccc(C(=O)N[CH]c2ccc(O)cc2)cc1. The topological polar surface area (TPSA) is 66.4 Å². The zero-order valence-electron chi connectivity index (χ0n) is 14.5. The van der Waals surface area contributed by atoms with E-state index < -0.39 is 0 Å². The van der Waals surface area contributed by atoms with Crippen molar-refractivity contribution in [2.45, 2.75) is 0 Å². The number of rotatable bonds is 6. The smallest absolute Gasteiger partial charge is 0.251 e. The van der Waals surface area contributed by atoms with Crippen LogP contribution in [0.2, 0.25) is 0 Å². The van der Waals surface area contributed by atoms with Gasteiger partial charge in [-0.3, -0.25) is 9.59 Å². The van der Waals surface area contributed by atoms with Crippen molar-refractivity contribution in [2.24, 2.45) is 0 Å². The summed E-state index contributed by atoms with van der Waals surface area (Å²) in [6, 6.07) is 22.5. The van der Waals surface area contributed by atoms with E-state index in [1.165, 1.54) is 6.08 Å². The Hall–Kier alpha value is -3.66. The molecule has 4 nitrogen and oxygen atoms in total. The first-order chi connectivity index (χ1) is 13.1. The van der Waals surface area contributed by atoms with Gasteiger partial charge in [-0.15, -0.1) is 0 Å². The van der Waals surface area contributed by atoms with Gasteiger partial charge in [-0.1, -0.05) is 60.7 Å². The molecular formula is C23H18NO3. The lowest BCUT2D eigenvalue weighted by molar-refractivity contribution is 0.0963. The number of hydrogen-bond acceptors (Lipinski definition) is 3. The van der Waals surface area contributed by atoms with E-state index in [0.29, 0.717) is 11.1 Å². The molecule has 2 N–H and O–H groups in total. The highest BCUT2D eigenvalue weighted by Crippen LogP contribution is 2.11. The number of ketones is 1. The van der Waals surface area contributed by atoms with E-state index in [2.05, 4.69) is 5.32 Å². The summed E-state index contributed by atoms with van der Waals surface area (Å²) in [6.07, 6.45) is 3.28. The van der Waals surface area contributed by atoms with Crippen molar-refractivity contribution in [1.82, 2.24) is 5.32 Å². The van der Waals surface area contributed by atoms with Gasteiger partial charge in [0.2, 0.25) is 0 Å². The van der Waals surface area contributed by atoms with Gasteiger partial charge in [0.25, 0.3) is 5.91 Å². The largest absolute Gasteiger partial charge is 0.508 e. The van der Waals surface area contributed by atoms with Crippen molar-refractivity contribution in [2.75, 3.05) is 0 Å². The molecule has 133 valence electrons. The maximum absolute atomic E-state index is 12.2. The van der Waals surface area contributed by atoms with E-state index in [4.69, 9.17) is 0 Å². The molecule has 0 aromatic heterocycles. The molecule has 0 aliphatic heterocycles. The second-order valence-electron chi connectivity index (χ2n) is 5.89. The Morgan fingerprint density at radius 2 is 1.37 bits per heavy atom. The van der Waals surface area contributed by atoms with Crippen molar-refractivity contribution >= 4 is 17.8 Å². The van der Waals surface area contributed by atoms with E-state index in [9.17, 15) is 14.7 Å². The number of aromatic hydroxyl groups is 1. The van der Waals surface area contributed by atoms with Crippen molar-refractivity contribution < 1.29 is 14.7 Å². The van der Waals surface area contributed by atoms with Crippen molar-refractivity contribution in [3.05, 3.63) is 114 Å². The fourth-order valence-electron chi connectivity index (χ4n) is 2.42. The van der Waals surface area contributed by atoms with E-state index in [1.807, 2.05) is 30.3 Å². The van der Waals surface area contributed by atoms with Gasteiger partial charge in [-0.05, 0) is 41.5 Å². The normalized spacial score (nSPS) is 10.7. The molecule has 1 amide bonds. The predicted octanol–water partition coefficient (Wildman–Crippen LogP) is 4.23. The van der Waals surface area contributed by atoms with Gasteiger partial charge in [0.05, 0.1) is 6.54 Å². The highest BCUT2D eigenvalue weighted by molar-refractivity contribution is 6.07. The monoisotopic (exact) mass is 356 g/mol. The molecule has 0 saturated carbocycles. The van der Waals surface area contributed by atoms with Crippen LogP contribution >= 0.6 is 0 Å². The zero-order chi connectivity index (χ0) is 19.1. The summed E-state index contributed by atoms with van der Waals surface area (Å²) in [7, 11) is 0. The summed E-state index contributed by atoms with van der Waals surface area (Å²) in [5.41, 5.74) is 2.68. The lowest BCUT2D eigenvalue weighted by Crippen LogP contribution is -2.21. The molecule has 3 aromatic rings. The number of allylic oxidation sites excluding steroid dienone is 1. The van der Waals surface area contributed by atoms with Crippen molar-refractivity contribution in [1.29, 1.82) is 0 Å². The number of amides is 1. The first-order valence-corrected chi connectivity index (χ1v) is 8.42. The van der Waals surface area contributed by atoms with Crippen molar-refractivity contribution in [3.8, 4) is 5.75 Å². The Balaban J connectivity index is 1.59. The third-order valence-electron chi connectivity index (χ3n) is 3.92. The molecule has 0 saturated heterocycles. The van der Waals surface area contributed by atoms with E-state index in [-0.39, 0.29) is 17.4 Å². The highest BCUT2D eigenvalue weighted by atomic mass is 16.3. The van der Waals surface area contributed by atoms with Crippen LogP contribution in [-0.2, 0) is 0 Å². The average molecular weight is 356 g/mol. The minimum Gasteiger partial charge on any atom is -0.508 e. The minimum atomic E-state index is -0.276. The number of hydrogen-bond donors (Lipinski definition) is 2. The predicted molar refractivity (Wildman–Crippen MR) is 105 cm³/mol. The lowest BCUT2D eigenvalue weighted by atomic mass is 10.1. The lowest BCUT2D eigenvalue weighted by Gasteiger charge is -2.05. The summed E-state index contributed by atoms with van der Waals surface area (Å²) >= 11 is 0. The van der Waals surface area contributed by atoms with E-state index in [1.54, 1.807) is 61.2 Å². The van der Waals surface area contributed by atoms with Gasteiger partial charge in [0, 0.05) is 11.1 Å². The molecule has 0 atom stereocenters. The van der Waals surface area contributed by atoms with Gasteiger partial charge in [0.15, 0.2) is 5.78 Å². The van der Waals surface area contributed by atoms with Crippen LogP contribution in [0.5, 0.6) is 5.75 Å². The van der Waals surface area contributed by atoms with Crippen LogP contribution in [0.25, 0.3) is 6.08 Å². The van der Waals surface area contributed by atoms with Gasteiger partial charge < -0.3 is 10.4 Å². The highest BCUT2D eigenvalue weighted by Gasteiger charge is 2.08. The Morgan fingerprint density at radius 1 is 0.741 bits per heavy atom. The average Bonchev–Trinajstić information content (AvgIpc) is 2.72. The molecule has 0 spiro atoms. The van der Waals surface area contributed by atoms with Gasteiger partial charge in [-0.25, -0.2) is 0 Å². The molecular weight excluding hydrogens is 338 g/mol. The first kappa shape index (κ1) is 18.1. The second-order valence-corrected chi connectivity index (χ2v) is 5.89. The Kier molecular flexibility index (Phi) is 5.80. The molecule has 3 aromatic carbocycles. The molecule has 0 heterocycles. The van der Waals surface area contributed by atoms with Crippen LogP contribution in [0.3, 0.4) is 0 Å². The molecule has 0 aliphatic rings. The Morgan fingerprint density at radius 3 is 2.04 bits per heavy atom. The number of nitrogens with one attached hydrogen (secondary N) is 1. The summed E-state index contributed by atoms with van der Waals surface area (Å²) in [6.45, 7) is 1.56. The zero-order valence-corrected chi connectivity index (χ0v) is 14.5. The van der Waals surface area contributed by atoms with Crippen LogP contribution in [0.15, 0.2) is 84.9 Å². The van der Waals surface area contributed by atoms with Gasteiger partial charge in [-0.2, -0.15) is 0 Å². The number of benzene rings is 3. The molecule has 3 rings (SSSR count). The van der Waals surface area contributed by atoms with Crippen LogP contribution in [-0.4, -0.2) is 16.8 Å². The fraction of sp³-hybridized carbons (Fsp3) is 0. The van der Waals surface area contributed by atoms with E-state index >= 15 is 0 Å².